The van der Waals surface area contributed by atoms with Crippen molar-refractivity contribution in [3.05, 3.63) is 29.3 Å². The summed E-state index contributed by atoms with van der Waals surface area (Å²) in [6.07, 6.45) is 7.54. The third-order valence-electron chi connectivity index (χ3n) is 3.08. The van der Waals surface area contributed by atoms with Crippen LogP contribution in [0.15, 0.2) is 18.2 Å². The molecule has 1 aliphatic heterocycles. The summed E-state index contributed by atoms with van der Waals surface area (Å²) in [5, 5.41) is 6.83. The summed E-state index contributed by atoms with van der Waals surface area (Å²) >= 11 is 0. The van der Waals surface area contributed by atoms with Gasteiger partial charge in [-0.1, -0.05) is 31.0 Å². The molecular formula is C14H18N2. The number of anilines is 1. The zero-order chi connectivity index (χ0) is 11.4. The van der Waals surface area contributed by atoms with Crippen LogP contribution in [0.4, 0.5) is 5.69 Å². The molecule has 0 radical (unpaired) electrons. The van der Waals surface area contributed by atoms with Gasteiger partial charge in [0.05, 0.1) is 6.04 Å². The highest BCUT2D eigenvalue weighted by atomic mass is 14.9. The molecule has 0 saturated carbocycles. The Bertz CT molecular complexity index is 404. The molecule has 0 spiro atoms. The second kappa shape index (κ2) is 5.05. The normalized spacial score (nSPS) is 15.0. The predicted octanol–water partition coefficient (Wildman–Crippen LogP) is 2.16. The summed E-state index contributed by atoms with van der Waals surface area (Å²) in [6, 6.07) is 6.65. The molecule has 0 bridgehead atoms. The second-order valence-electron chi connectivity index (χ2n) is 4.14. The molecule has 2 heteroatoms. The van der Waals surface area contributed by atoms with E-state index < -0.39 is 0 Å². The van der Waals surface area contributed by atoms with E-state index in [2.05, 4.69) is 41.7 Å². The van der Waals surface area contributed by atoms with Gasteiger partial charge in [0.1, 0.15) is 0 Å². The molecule has 1 aliphatic rings. The van der Waals surface area contributed by atoms with Crippen molar-refractivity contribution in [2.24, 2.45) is 0 Å². The first-order valence-corrected chi connectivity index (χ1v) is 5.89. The lowest BCUT2D eigenvalue weighted by Crippen LogP contribution is -2.26. The highest BCUT2D eigenvalue weighted by Gasteiger charge is 2.13. The number of hydrogen-bond donors (Lipinski definition) is 2. The number of fused-ring (bicyclic) bond motifs is 1. The smallest absolute Gasteiger partial charge is 0.0686 e. The number of nitrogens with one attached hydrogen (secondary N) is 2. The predicted molar refractivity (Wildman–Crippen MR) is 68.4 cm³/mol. The quantitative estimate of drug-likeness (QED) is 0.750. The van der Waals surface area contributed by atoms with Crippen LogP contribution < -0.4 is 10.6 Å². The Morgan fingerprint density at radius 1 is 1.56 bits per heavy atom. The molecule has 1 unspecified atom stereocenters. The SMILES string of the molecule is C#CC(CC)NCc1cccc2c1NCC2. The van der Waals surface area contributed by atoms with Gasteiger partial charge in [-0.05, 0) is 24.0 Å². The molecule has 0 aliphatic carbocycles. The molecule has 1 aromatic rings. The first-order valence-electron chi connectivity index (χ1n) is 5.89. The third kappa shape index (κ3) is 2.20. The summed E-state index contributed by atoms with van der Waals surface area (Å²) in [5.41, 5.74) is 4.05. The lowest BCUT2D eigenvalue weighted by Gasteiger charge is -2.13. The maximum atomic E-state index is 5.43. The largest absolute Gasteiger partial charge is 0.384 e. The molecule has 16 heavy (non-hydrogen) atoms. The van der Waals surface area contributed by atoms with Crippen LogP contribution in [0.25, 0.3) is 0 Å². The summed E-state index contributed by atoms with van der Waals surface area (Å²) in [7, 11) is 0. The van der Waals surface area contributed by atoms with Crippen LogP contribution >= 0.6 is 0 Å². The highest BCUT2D eigenvalue weighted by molar-refractivity contribution is 5.61. The lowest BCUT2D eigenvalue weighted by molar-refractivity contribution is 0.593. The highest BCUT2D eigenvalue weighted by Crippen LogP contribution is 2.26. The minimum Gasteiger partial charge on any atom is -0.384 e. The maximum absolute atomic E-state index is 5.43. The standard InChI is InChI=1S/C14H18N2/c1-3-13(4-2)16-10-12-7-5-6-11-8-9-15-14(11)12/h1,5-7,13,15-16H,4,8-10H2,2H3. The van der Waals surface area contributed by atoms with Crippen molar-refractivity contribution in [3.8, 4) is 12.3 Å². The van der Waals surface area contributed by atoms with E-state index in [0.29, 0.717) is 0 Å². The maximum Gasteiger partial charge on any atom is 0.0686 e. The van der Waals surface area contributed by atoms with Crippen molar-refractivity contribution < 1.29 is 0 Å². The molecule has 1 aromatic carbocycles. The van der Waals surface area contributed by atoms with E-state index in [1.54, 1.807) is 0 Å². The van der Waals surface area contributed by atoms with E-state index >= 15 is 0 Å². The van der Waals surface area contributed by atoms with Gasteiger partial charge in [0.25, 0.3) is 0 Å². The summed E-state index contributed by atoms with van der Waals surface area (Å²) in [6.45, 7) is 4.00. The van der Waals surface area contributed by atoms with E-state index in [1.807, 2.05) is 0 Å². The molecule has 1 heterocycles. The summed E-state index contributed by atoms with van der Waals surface area (Å²) in [4.78, 5) is 0. The molecule has 2 nitrogen and oxygen atoms in total. The van der Waals surface area contributed by atoms with E-state index in [4.69, 9.17) is 6.42 Å². The topological polar surface area (TPSA) is 24.1 Å². The van der Waals surface area contributed by atoms with Gasteiger partial charge in [0, 0.05) is 18.8 Å². The zero-order valence-electron chi connectivity index (χ0n) is 9.72. The van der Waals surface area contributed by atoms with E-state index in [9.17, 15) is 0 Å². The average Bonchev–Trinajstić information content (AvgIpc) is 2.79. The monoisotopic (exact) mass is 214 g/mol. The van der Waals surface area contributed by atoms with Gasteiger partial charge >= 0.3 is 0 Å². The van der Waals surface area contributed by atoms with Crippen LogP contribution in [0.2, 0.25) is 0 Å². The van der Waals surface area contributed by atoms with Gasteiger partial charge < -0.3 is 5.32 Å². The van der Waals surface area contributed by atoms with Crippen molar-refractivity contribution in [1.82, 2.24) is 5.32 Å². The van der Waals surface area contributed by atoms with Crippen molar-refractivity contribution in [1.29, 1.82) is 0 Å². The van der Waals surface area contributed by atoms with Crippen LogP contribution in [0, 0.1) is 12.3 Å². The Morgan fingerprint density at radius 2 is 2.44 bits per heavy atom. The van der Waals surface area contributed by atoms with E-state index in [1.165, 1.54) is 16.8 Å². The lowest BCUT2D eigenvalue weighted by atomic mass is 10.1. The first kappa shape index (κ1) is 11.0. The summed E-state index contributed by atoms with van der Waals surface area (Å²) < 4.78 is 0. The number of rotatable bonds is 4. The number of para-hydroxylation sites is 1. The van der Waals surface area contributed by atoms with Crippen molar-refractivity contribution in [2.45, 2.75) is 32.4 Å². The van der Waals surface area contributed by atoms with Crippen LogP contribution in [-0.2, 0) is 13.0 Å². The van der Waals surface area contributed by atoms with Crippen LogP contribution in [0.1, 0.15) is 24.5 Å². The first-order chi connectivity index (χ1) is 7.85. The minimum atomic E-state index is 0.178. The molecule has 2 rings (SSSR count). The number of hydrogen-bond acceptors (Lipinski definition) is 2. The fourth-order valence-corrected chi connectivity index (χ4v) is 2.11. The minimum absolute atomic E-state index is 0.178. The van der Waals surface area contributed by atoms with E-state index in [0.717, 1.165) is 25.9 Å². The molecule has 0 amide bonds. The Morgan fingerprint density at radius 3 is 3.19 bits per heavy atom. The molecule has 0 saturated heterocycles. The number of terminal acetylenes is 1. The molecular weight excluding hydrogens is 196 g/mol. The Balaban J connectivity index is 2.06. The van der Waals surface area contributed by atoms with Gasteiger partial charge in [-0.2, -0.15) is 0 Å². The van der Waals surface area contributed by atoms with Gasteiger partial charge in [-0.3, -0.25) is 5.32 Å². The molecule has 1 atom stereocenters. The molecule has 2 N–H and O–H groups in total. The van der Waals surface area contributed by atoms with Crippen LogP contribution in [0.3, 0.4) is 0 Å². The second-order valence-corrected chi connectivity index (χ2v) is 4.14. The molecule has 0 fully saturated rings. The zero-order valence-corrected chi connectivity index (χ0v) is 9.72. The Kier molecular flexibility index (Phi) is 3.48. The summed E-state index contributed by atoms with van der Waals surface area (Å²) in [5.74, 6) is 2.76. The van der Waals surface area contributed by atoms with Gasteiger partial charge in [-0.15, -0.1) is 6.42 Å². The van der Waals surface area contributed by atoms with Crippen molar-refractivity contribution >= 4 is 5.69 Å². The fraction of sp³-hybridized carbons (Fsp3) is 0.429. The van der Waals surface area contributed by atoms with Crippen molar-refractivity contribution in [2.75, 3.05) is 11.9 Å². The number of benzene rings is 1. The van der Waals surface area contributed by atoms with Crippen LogP contribution in [-0.4, -0.2) is 12.6 Å². The van der Waals surface area contributed by atoms with Crippen molar-refractivity contribution in [3.63, 3.8) is 0 Å². The Labute approximate surface area is 97.4 Å². The van der Waals surface area contributed by atoms with Gasteiger partial charge in [-0.25, -0.2) is 0 Å². The Hall–Kier alpha value is -1.46. The van der Waals surface area contributed by atoms with Gasteiger partial charge in [0.2, 0.25) is 0 Å². The molecule has 84 valence electrons. The van der Waals surface area contributed by atoms with Crippen LogP contribution in [0.5, 0.6) is 0 Å². The molecule has 0 aromatic heterocycles. The average molecular weight is 214 g/mol. The van der Waals surface area contributed by atoms with Gasteiger partial charge in [0.15, 0.2) is 0 Å². The van der Waals surface area contributed by atoms with E-state index in [-0.39, 0.29) is 6.04 Å². The fourth-order valence-electron chi connectivity index (χ4n) is 2.11. The third-order valence-corrected chi connectivity index (χ3v) is 3.08.